The highest BCUT2D eigenvalue weighted by Gasteiger charge is 2.13. The zero-order valence-electron chi connectivity index (χ0n) is 14.3. The Labute approximate surface area is 155 Å². The summed E-state index contributed by atoms with van der Waals surface area (Å²) in [4.78, 5) is 12.1. The topological polar surface area (TPSA) is 70.7 Å². The maximum Gasteiger partial charge on any atom is 0.220 e. The fourth-order valence-corrected chi connectivity index (χ4v) is 3.08. The molecule has 0 bridgehead atoms. The third-order valence-corrected chi connectivity index (χ3v) is 4.55. The summed E-state index contributed by atoms with van der Waals surface area (Å²) >= 11 is 3.29. The first-order valence-corrected chi connectivity index (χ1v) is 8.82. The fraction of sp³-hybridized carbons (Fsp3) is 0.389. The van der Waals surface area contributed by atoms with Crippen LogP contribution >= 0.6 is 15.9 Å². The van der Waals surface area contributed by atoms with Gasteiger partial charge in [-0.15, -0.1) is 0 Å². The highest BCUT2D eigenvalue weighted by molar-refractivity contribution is 9.10. The van der Waals surface area contributed by atoms with Crippen LogP contribution in [0.1, 0.15) is 35.4 Å². The molecule has 1 N–H and O–H groups in total. The van der Waals surface area contributed by atoms with Crippen LogP contribution in [-0.2, 0) is 24.3 Å². The molecular formula is C18H20BrFN4O. The lowest BCUT2D eigenvalue weighted by atomic mass is 10.1. The molecule has 0 saturated heterocycles. The number of amides is 1. The molecule has 5 nitrogen and oxygen atoms in total. The van der Waals surface area contributed by atoms with Gasteiger partial charge in [0.05, 0.1) is 24.7 Å². The van der Waals surface area contributed by atoms with Gasteiger partial charge in [-0.2, -0.15) is 10.4 Å². The Hall–Kier alpha value is -2.20. The van der Waals surface area contributed by atoms with Crippen LogP contribution in [0.4, 0.5) is 4.39 Å². The number of aryl methyl sites for hydroxylation is 2. The van der Waals surface area contributed by atoms with Gasteiger partial charge in [-0.05, 0) is 44.0 Å². The van der Waals surface area contributed by atoms with Crippen molar-refractivity contribution in [3.05, 3.63) is 51.0 Å². The standard InChI is InChI=1S/C18H20BrFN4O/c1-12-16(13(2)24(23-12)9-3-8-21)5-7-18(25)22-11-14-10-15(19)4-6-17(14)20/h4,6,10H,3,5,7,9,11H2,1-2H3,(H,22,25). The van der Waals surface area contributed by atoms with Crippen molar-refractivity contribution in [3.63, 3.8) is 0 Å². The van der Waals surface area contributed by atoms with Crippen molar-refractivity contribution < 1.29 is 9.18 Å². The monoisotopic (exact) mass is 406 g/mol. The summed E-state index contributed by atoms with van der Waals surface area (Å²) in [6.07, 6.45) is 1.28. The second kappa shape index (κ2) is 8.77. The number of rotatable bonds is 7. The van der Waals surface area contributed by atoms with Crippen molar-refractivity contribution in [2.75, 3.05) is 0 Å². The number of halogens is 2. The van der Waals surface area contributed by atoms with Gasteiger partial charge in [-0.25, -0.2) is 4.39 Å². The number of carbonyl (C=O) groups excluding carboxylic acids is 1. The van der Waals surface area contributed by atoms with Gasteiger partial charge in [0.1, 0.15) is 5.82 Å². The number of hydrogen-bond acceptors (Lipinski definition) is 3. The van der Waals surface area contributed by atoms with Gasteiger partial charge in [0.2, 0.25) is 5.91 Å². The Morgan fingerprint density at radius 3 is 2.92 bits per heavy atom. The van der Waals surface area contributed by atoms with Crippen molar-refractivity contribution >= 4 is 21.8 Å². The normalized spacial score (nSPS) is 10.5. The highest BCUT2D eigenvalue weighted by Crippen LogP contribution is 2.17. The number of carbonyl (C=O) groups is 1. The summed E-state index contributed by atoms with van der Waals surface area (Å²) in [5, 5.41) is 15.9. The van der Waals surface area contributed by atoms with Crippen LogP contribution < -0.4 is 5.32 Å². The second-order valence-electron chi connectivity index (χ2n) is 5.79. The van der Waals surface area contributed by atoms with Crippen molar-refractivity contribution in [3.8, 4) is 6.07 Å². The zero-order chi connectivity index (χ0) is 18.4. The van der Waals surface area contributed by atoms with Crippen LogP contribution in [0.3, 0.4) is 0 Å². The molecule has 0 spiro atoms. The first kappa shape index (κ1) is 19.1. The van der Waals surface area contributed by atoms with E-state index in [1.165, 1.54) is 6.07 Å². The van der Waals surface area contributed by atoms with Gasteiger partial charge >= 0.3 is 0 Å². The van der Waals surface area contributed by atoms with Gasteiger partial charge < -0.3 is 5.32 Å². The molecule has 0 aliphatic rings. The predicted octanol–water partition coefficient (Wildman–Crippen LogP) is 3.56. The first-order valence-electron chi connectivity index (χ1n) is 8.02. The van der Waals surface area contributed by atoms with E-state index in [-0.39, 0.29) is 18.3 Å². The quantitative estimate of drug-likeness (QED) is 0.763. The molecule has 1 amide bonds. The molecule has 7 heteroatoms. The largest absolute Gasteiger partial charge is 0.352 e. The third kappa shape index (κ3) is 5.13. The fourth-order valence-electron chi connectivity index (χ4n) is 2.67. The van der Waals surface area contributed by atoms with E-state index in [4.69, 9.17) is 5.26 Å². The summed E-state index contributed by atoms with van der Waals surface area (Å²) in [5.74, 6) is -0.475. The molecule has 0 radical (unpaired) electrons. The van der Waals surface area contributed by atoms with E-state index < -0.39 is 0 Å². The number of nitriles is 1. The molecule has 25 heavy (non-hydrogen) atoms. The van der Waals surface area contributed by atoms with E-state index >= 15 is 0 Å². The van der Waals surface area contributed by atoms with E-state index in [2.05, 4.69) is 32.4 Å². The van der Waals surface area contributed by atoms with Crippen molar-refractivity contribution in [2.45, 2.75) is 46.2 Å². The van der Waals surface area contributed by atoms with Crippen LogP contribution in [0.15, 0.2) is 22.7 Å². The van der Waals surface area contributed by atoms with Gasteiger partial charge in [-0.1, -0.05) is 15.9 Å². The average molecular weight is 407 g/mol. The molecule has 1 aromatic heterocycles. The predicted molar refractivity (Wildman–Crippen MR) is 96.2 cm³/mol. The Balaban J connectivity index is 1.91. The van der Waals surface area contributed by atoms with Crippen molar-refractivity contribution in [2.24, 2.45) is 0 Å². The molecule has 0 atom stereocenters. The second-order valence-corrected chi connectivity index (χ2v) is 6.71. The Morgan fingerprint density at radius 2 is 2.20 bits per heavy atom. The molecule has 0 aliphatic heterocycles. The minimum atomic E-state index is -0.339. The molecule has 1 heterocycles. The highest BCUT2D eigenvalue weighted by atomic mass is 79.9. The lowest BCUT2D eigenvalue weighted by molar-refractivity contribution is -0.121. The first-order chi connectivity index (χ1) is 11.9. The van der Waals surface area contributed by atoms with Crippen molar-refractivity contribution in [1.82, 2.24) is 15.1 Å². The molecule has 2 rings (SSSR count). The van der Waals surface area contributed by atoms with E-state index in [1.54, 1.807) is 12.1 Å². The van der Waals surface area contributed by atoms with Crippen LogP contribution in [0.5, 0.6) is 0 Å². The summed E-state index contributed by atoms with van der Waals surface area (Å²) in [6.45, 7) is 4.56. The number of benzene rings is 1. The number of nitrogens with zero attached hydrogens (tertiary/aromatic N) is 3. The molecular weight excluding hydrogens is 387 g/mol. The number of hydrogen-bond donors (Lipinski definition) is 1. The zero-order valence-corrected chi connectivity index (χ0v) is 15.9. The van der Waals surface area contributed by atoms with E-state index in [9.17, 15) is 9.18 Å². The molecule has 1 aromatic carbocycles. The molecule has 2 aromatic rings. The van der Waals surface area contributed by atoms with Crippen LogP contribution in [0, 0.1) is 31.0 Å². The third-order valence-electron chi connectivity index (χ3n) is 4.05. The SMILES string of the molecule is Cc1nn(CCC#N)c(C)c1CCC(=O)NCc1cc(Br)ccc1F. The molecule has 0 unspecified atom stereocenters. The summed E-state index contributed by atoms with van der Waals surface area (Å²) < 4.78 is 16.3. The minimum absolute atomic E-state index is 0.136. The van der Waals surface area contributed by atoms with Gasteiger partial charge in [0, 0.05) is 28.7 Å². The number of nitrogens with one attached hydrogen (secondary N) is 1. The summed E-state index contributed by atoms with van der Waals surface area (Å²) in [6, 6.07) is 6.75. The lowest BCUT2D eigenvalue weighted by Gasteiger charge is -2.07. The Morgan fingerprint density at radius 1 is 1.44 bits per heavy atom. The minimum Gasteiger partial charge on any atom is -0.352 e. The summed E-state index contributed by atoms with van der Waals surface area (Å²) in [5.41, 5.74) is 3.33. The van der Waals surface area contributed by atoms with Gasteiger partial charge in [0.25, 0.3) is 0 Å². The number of aromatic nitrogens is 2. The maximum atomic E-state index is 13.7. The van der Waals surface area contributed by atoms with Crippen molar-refractivity contribution in [1.29, 1.82) is 5.26 Å². The van der Waals surface area contributed by atoms with Crippen LogP contribution in [-0.4, -0.2) is 15.7 Å². The van der Waals surface area contributed by atoms with Gasteiger partial charge in [0.15, 0.2) is 0 Å². The summed E-state index contributed by atoms with van der Waals surface area (Å²) in [7, 11) is 0. The molecule has 0 fully saturated rings. The van der Waals surface area contributed by atoms with E-state index in [0.29, 0.717) is 31.4 Å². The maximum absolute atomic E-state index is 13.7. The average Bonchev–Trinajstić information content (AvgIpc) is 2.85. The smallest absolute Gasteiger partial charge is 0.220 e. The Kier molecular flexibility index (Phi) is 6.71. The van der Waals surface area contributed by atoms with Crippen LogP contribution in [0.2, 0.25) is 0 Å². The van der Waals surface area contributed by atoms with E-state index in [0.717, 1.165) is 21.4 Å². The molecule has 0 aliphatic carbocycles. The lowest BCUT2D eigenvalue weighted by Crippen LogP contribution is -2.23. The van der Waals surface area contributed by atoms with E-state index in [1.807, 2.05) is 18.5 Å². The Bertz CT molecular complexity index is 810. The molecule has 132 valence electrons. The molecule has 0 saturated carbocycles. The van der Waals surface area contributed by atoms with Crippen LogP contribution in [0.25, 0.3) is 0 Å². The van der Waals surface area contributed by atoms with Gasteiger partial charge in [-0.3, -0.25) is 9.48 Å².